The van der Waals surface area contributed by atoms with E-state index in [1.54, 1.807) is 11.3 Å². The summed E-state index contributed by atoms with van der Waals surface area (Å²) in [7, 11) is 0. The van der Waals surface area contributed by atoms with Gasteiger partial charge in [0.05, 0.1) is 0 Å². The first-order chi connectivity index (χ1) is 8.75. The summed E-state index contributed by atoms with van der Waals surface area (Å²) in [5, 5.41) is 5.30. The summed E-state index contributed by atoms with van der Waals surface area (Å²) in [5.41, 5.74) is 0. The first-order valence-electron chi connectivity index (χ1n) is 7.08. The van der Waals surface area contributed by atoms with Gasteiger partial charge in [-0.2, -0.15) is 0 Å². The van der Waals surface area contributed by atoms with Gasteiger partial charge in [-0.3, -0.25) is 4.79 Å². The van der Waals surface area contributed by atoms with Gasteiger partial charge in [-0.25, -0.2) is 0 Å². The largest absolute Gasteiger partial charge is 0.353 e. The van der Waals surface area contributed by atoms with E-state index in [0.717, 1.165) is 6.42 Å². The molecule has 2 aliphatic rings. The maximum atomic E-state index is 12.2. The lowest BCUT2D eigenvalue weighted by Gasteiger charge is -2.12. The van der Waals surface area contributed by atoms with Gasteiger partial charge in [0.25, 0.3) is 0 Å². The molecular weight excluding hydrogens is 242 g/mol. The molecule has 1 aromatic heterocycles. The number of nitrogens with one attached hydrogen (secondary N) is 1. The minimum absolute atomic E-state index is 0.263. The second kappa shape index (κ2) is 5.04. The Morgan fingerprint density at radius 3 is 2.78 bits per heavy atom. The molecule has 3 atom stereocenters. The number of fused-ring (bicyclic) bond motifs is 1. The Morgan fingerprint density at radius 1 is 1.44 bits per heavy atom. The zero-order valence-corrected chi connectivity index (χ0v) is 11.7. The number of amides is 1. The van der Waals surface area contributed by atoms with Crippen LogP contribution in [0.2, 0.25) is 0 Å². The predicted molar refractivity (Wildman–Crippen MR) is 74.6 cm³/mol. The minimum atomic E-state index is 0.263. The average Bonchev–Trinajstić information content (AvgIpc) is 2.87. The van der Waals surface area contributed by atoms with Gasteiger partial charge in [0, 0.05) is 23.3 Å². The second-order valence-corrected chi connectivity index (χ2v) is 6.86. The van der Waals surface area contributed by atoms with Crippen molar-refractivity contribution in [3.05, 3.63) is 22.4 Å². The van der Waals surface area contributed by atoms with Crippen LogP contribution in [0.15, 0.2) is 17.5 Å². The molecule has 3 rings (SSSR count). The van der Waals surface area contributed by atoms with E-state index in [1.807, 2.05) is 0 Å². The summed E-state index contributed by atoms with van der Waals surface area (Å²) in [5.74, 6) is 2.09. The molecular formula is C15H21NOS. The highest BCUT2D eigenvalue weighted by molar-refractivity contribution is 7.09. The van der Waals surface area contributed by atoms with Crippen LogP contribution in [0.5, 0.6) is 0 Å². The molecule has 1 amide bonds. The molecule has 0 bridgehead atoms. The SMILES string of the molecule is CC(Cc1cccs1)NC(=O)C1C2CCCCC21. The number of carbonyl (C=O) groups excluding carboxylic acids is 1. The van der Waals surface area contributed by atoms with Crippen LogP contribution in [0.1, 0.15) is 37.5 Å². The van der Waals surface area contributed by atoms with Crippen LogP contribution in [0.3, 0.4) is 0 Å². The molecule has 3 unspecified atom stereocenters. The van der Waals surface area contributed by atoms with E-state index in [0.29, 0.717) is 23.7 Å². The predicted octanol–water partition coefficient (Wildman–Crippen LogP) is 3.23. The van der Waals surface area contributed by atoms with Crippen molar-refractivity contribution >= 4 is 17.2 Å². The Bertz CT molecular complexity index is 402. The topological polar surface area (TPSA) is 29.1 Å². The van der Waals surface area contributed by atoms with Gasteiger partial charge in [-0.1, -0.05) is 18.9 Å². The van der Waals surface area contributed by atoms with Crippen molar-refractivity contribution in [2.24, 2.45) is 17.8 Å². The Balaban J connectivity index is 1.49. The van der Waals surface area contributed by atoms with E-state index in [1.165, 1.54) is 30.6 Å². The molecule has 98 valence electrons. The molecule has 2 nitrogen and oxygen atoms in total. The van der Waals surface area contributed by atoms with E-state index in [-0.39, 0.29) is 6.04 Å². The van der Waals surface area contributed by atoms with Crippen molar-refractivity contribution in [1.82, 2.24) is 5.32 Å². The van der Waals surface area contributed by atoms with Gasteiger partial charge >= 0.3 is 0 Å². The molecule has 0 radical (unpaired) electrons. The highest BCUT2D eigenvalue weighted by atomic mass is 32.1. The summed E-state index contributed by atoms with van der Waals surface area (Å²) < 4.78 is 0. The Kier molecular flexibility index (Phi) is 3.42. The van der Waals surface area contributed by atoms with Crippen molar-refractivity contribution in [2.75, 3.05) is 0 Å². The highest BCUT2D eigenvalue weighted by Crippen LogP contribution is 2.55. The van der Waals surface area contributed by atoms with E-state index in [9.17, 15) is 4.79 Å². The standard InChI is InChI=1S/C15H21NOS/c1-10(9-11-5-4-8-18-11)16-15(17)14-12-6-2-3-7-13(12)14/h4-5,8,10,12-14H,2-3,6-7,9H2,1H3,(H,16,17). The molecule has 2 fully saturated rings. The highest BCUT2D eigenvalue weighted by Gasteiger charge is 2.54. The first-order valence-corrected chi connectivity index (χ1v) is 7.96. The molecule has 2 saturated carbocycles. The molecule has 3 heteroatoms. The van der Waals surface area contributed by atoms with Crippen LogP contribution in [-0.2, 0) is 11.2 Å². The first kappa shape index (κ1) is 12.2. The van der Waals surface area contributed by atoms with Crippen LogP contribution in [0, 0.1) is 17.8 Å². The fourth-order valence-corrected chi connectivity index (χ4v) is 4.34. The van der Waals surface area contributed by atoms with Gasteiger partial charge in [-0.05, 0) is 43.0 Å². The van der Waals surface area contributed by atoms with Crippen molar-refractivity contribution < 1.29 is 4.79 Å². The maximum Gasteiger partial charge on any atom is 0.223 e. The minimum Gasteiger partial charge on any atom is -0.353 e. The molecule has 0 aromatic carbocycles. The van der Waals surface area contributed by atoms with Crippen molar-refractivity contribution in [3.63, 3.8) is 0 Å². The van der Waals surface area contributed by atoms with Crippen molar-refractivity contribution in [1.29, 1.82) is 0 Å². The van der Waals surface area contributed by atoms with E-state index < -0.39 is 0 Å². The third-order valence-corrected chi connectivity index (χ3v) is 5.33. The third-order valence-electron chi connectivity index (χ3n) is 4.44. The zero-order valence-electron chi connectivity index (χ0n) is 10.9. The Morgan fingerprint density at radius 2 is 2.17 bits per heavy atom. The molecule has 0 spiro atoms. The molecule has 1 aromatic rings. The van der Waals surface area contributed by atoms with Gasteiger partial charge in [0.15, 0.2) is 0 Å². The molecule has 18 heavy (non-hydrogen) atoms. The summed E-state index contributed by atoms with van der Waals surface area (Å²) in [6.45, 7) is 2.11. The summed E-state index contributed by atoms with van der Waals surface area (Å²) in [6.07, 6.45) is 6.18. The van der Waals surface area contributed by atoms with E-state index >= 15 is 0 Å². The third kappa shape index (κ3) is 2.46. The normalized spacial score (nSPS) is 31.5. The van der Waals surface area contributed by atoms with Crippen molar-refractivity contribution in [3.8, 4) is 0 Å². The average molecular weight is 263 g/mol. The van der Waals surface area contributed by atoms with Crippen LogP contribution >= 0.6 is 11.3 Å². The monoisotopic (exact) mass is 263 g/mol. The van der Waals surface area contributed by atoms with Gasteiger partial charge in [0.1, 0.15) is 0 Å². The lowest BCUT2D eigenvalue weighted by atomic mass is 10.0. The number of hydrogen-bond donors (Lipinski definition) is 1. The fraction of sp³-hybridized carbons (Fsp3) is 0.667. The van der Waals surface area contributed by atoms with Gasteiger partial charge < -0.3 is 5.32 Å². The van der Waals surface area contributed by atoms with Crippen LogP contribution in [0.25, 0.3) is 0 Å². The summed E-state index contributed by atoms with van der Waals surface area (Å²) >= 11 is 1.77. The molecule has 0 saturated heterocycles. The summed E-state index contributed by atoms with van der Waals surface area (Å²) in [4.78, 5) is 13.6. The molecule has 1 heterocycles. The lowest BCUT2D eigenvalue weighted by molar-refractivity contribution is -0.123. The van der Waals surface area contributed by atoms with E-state index in [4.69, 9.17) is 0 Å². The second-order valence-electron chi connectivity index (χ2n) is 5.83. The van der Waals surface area contributed by atoms with Gasteiger partial charge in [0.2, 0.25) is 5.91 Å². The lowest BCUT2D eigenvalue weighted by Crippen LogP contribution is -2.35. The van der Waals surface area contributed by atoms with Crippen LogP contribution in [0.4, 0.5) is 0 Å². The molecule has 1 N–H and O–H groups in total. The fourth-order valence-electron chi connectivity index (χ4n) is 3.50. The van der Waals surface area contributed by atoms with E-state index in [2.05, 4.69) is 29.8 Å². The molecule has 2 aliphatic carbocycles. The smallest absolute Gasteiger partial charge is 0.223 e. The Hall–Kier alpha value is -0.830. The molecule has 0 aliphatic heterocycles. The van der Waals surface area contributed by atoms with Crippen molar-refractivity contribution in [2.45, 2.75) is 45.1 Å². The number of rotatable bonds is 4. The number of hydrogen-bond acceptors (Lipinski definition) is 2. The van der Waals surface area contributed by atoms with Crippen LogP contribution in [-0.4, -0.2) is 11.9 Å². The zero-order chi connectivity index (χ0) is 12.5. The Labute approximate surface area is 113 Å². The number of thiophene rings is 1. The maximum absolute atomic E-state index is 12.2. The number of carbonyl (C=O) groups is 1. The quantitative estimate of drug-likeness (QED) is 0.888. The van der Waals surface area contributed by atoms with Crippen LogP contribution < -0.4 is 5.32 Å². The summed E-state index contributed by atoms with van der Waals surface area (Å²) in [6, 6.07) is 4.48. The van der Waals surface area contributed by atoms with Gasteiger partial charge in [-0.15, -0.1) is 11.3 Å².